The van der Waals surface area contributed by atoms with Crippen molar-refractivity contribution in [2.24, 2.45) is 0 Å². The highest BCUT2D eigenvalue weighted by atomic mass is 19.3. The Morgan fingerprint density at radius 2 is 1.75 bits per heavy atom. The number of piperidine rings is 1. The van der Waals surface area contributed by atoms with Crippen LogP contribution < -0.4 is 10.6 Å². The van der Waals surface area contributed by atoms with Gasteiger partial charge >= 0.3 is 0 Å². The van der Waals surface area contributed by atoms with E-state index in [0.717, 1.165) is 71.5 Å². The van der Waals surface area contributed by atoms with Crippen LogP contribution in [-0.2, 0) is 10.7 Å². The largest absolute Gasteiger partial charge is 0.353 e. The van der Waals surface area contributed by atoms with Gasteiger partial charge in [-0.25, -0.2) is 8.78 Å². The normalized spacial score (nSPS) is 19.8. The van der Waals surface area contributed by atoms with Crippen molar-refractivity contribution >= 4 is 11.8 Å². The van der Waals surface area contributed by atoms with Gasteiger partial charge in [-0.1, -0.05) is 43.5 Å². The van der Waals surface area contributed by atoms with E-state index in [2.05, 4.69) is 15.5 Å². The minimum absolute atomic E-state index is 0.0371. The molecular weight excluding hydrogens is 512 g/mol. The van der Waals surface area contributed by atoms with Crippen LogP contribution in [0.15, 0.2) is 30.3 Å². The molecule has 0 radical (unpaired) electrons. The Balaban J connectivity index is 1.37. The Kier molecular flexibility index (Phi) is 9.18. The van der Waals surface area contributed by atoms with Crippen molar-refractivity contribution < 1.29 is 18.4 Å². The van der Waals surface area contributed by atoms with E-state index in [1.807, 2.05) is 0 Å². The number of hydrogen-bond acceptors (Lipinski definition) is 4. The van der Waals surface area contributed by atoms with Gasteiger partial charge in [-0.15, -0.1) is 0 Å². The van der Waals surface area contributed by atoms with Crippen molar-refractivity contribution in [2.45, 2.75) is 108 Å². The van der Waals surface area contributed by atoms with E-state index < -0.39 is 5.92 Å². The summed E-state index contributed by atoms with van der Waals surface area (Å²) in [4.78, 5) is 28.8. The lowest BCUT2D eigenvalue weighted by Crippen LogP contribution is -2.45. The van der Waals surface area contributed by atoms with Crippen LogP contribution in [0.2, 0.25) is 0 Å². The van der Waals surface area contributed by atoms with Gasteiger partial charge in [0.1, 0.15) is 0 Å². The van der Waals surface area contributed by atoms with E-state index in [1.54, 1.807) is 28.9 Å². The fraction of sp³-hybridized carbons (Fsp3) is 0.645. The smallest absolute Gasteiger partial charge is 0.272 e. The van der Waals surface area contributed by atoms with Crippen molar-refractivity contribution in [1.82, 2.24) is 25.3 Å². The number of amides is 2. The lowest BCUT2D eigenvalue weighted by Gasteiger charge is -2.29. The van der Waals surface area contributed by atoms with E-state index >= 15 is 0 Å². The van der Waals surface area contributed by atoms with Crippen LogP contribution in [0.5, 0.6) is 0 Å². The number of benzene rings is 1. The molecule has 2 heterocycles. The van der Waals surface area contributed by atoms with Crippen LogP contribution in [0.25, 0.3) is 11.3 Å². The molecule has 1 atom stereocenters. The molecule has 0 bridgehead atoms. The van der Waals surface area contributed by atoms with Crippen molar-refractivity contribution in [3.8, 4) is 11.3 Å². The van der Waals surface area contributed by atoms with Gasteiger partial charge in [-0.2, -0.15) is 5.10 Å². The summed E-state index contributed by atoms with van der Waals surface area (Å²) in [6.45, 7) is 3.82. The first kappa shape index (κ1) is 28.7. The molecule has 7 nitrogen and oxygen atoms in total. The Bertz CT molecular complexity index is 1160. The molecule has 218 valence electrons. The highest BCUT2D eigenvalue weighted by molar-refractivity contribution is 5.94. The standard InChI is InChI=1S/C31H43F2N5O2/c1-31(32,33)26-15-6-5-14-25(26)28-21-27(36-38(28)24-12-3-4-13-24)30(40)35-23(16-19-37-17-7-2-8-18-37)20-29(39)34-22-10-9-11-22/h5-6,14-15,21-24H,2-4,7-13,16-20H2,1H3,(H,34,39)(H,35,40)/t23-/m0/s1. The maximum atomic E-state index is 14.6. The minimum Gasteiger partial charge on any atom is -0.353 e. The molecule has 1 aromatic heterocycles. The summed E-state index contributed by atoms with van der Waals surface area (Å²) in [5, 5.41) is 10.9. The molecule has 0 unspecified atom stereocenters. The predicted molar refractivity (Wildman–Crippen MR) is 151 cm³/mol. The van der Waals surface area contributed by atoms with Gasteiger partial charge in [0.2, 0.25) is 5.91 Å². The van der Waals surface area contributed by atoms with Crippen LogP contribution >= 0.6 is 0 Å². The Morgan fingerprint density at radius 3 is 2.42 bits per heavy atom. The average Bonchev–Trinajstić information content (AvgIpc) is 3.60. The maximum absolute atomic E-state index is 14.6. The molecule has 9 heteroatoms. The number of carbonyl (C=O) groups is 2. The van der Waals surface area contributed by atoms with Gasteiger partial charge in [0, 0.05) is 43.1 Å². The van der Waals surface area contributed by atoms with Gasteiger partial charge in [0.05, 0.1) is 11.7 Å². The summed E-state index contributed by atoms with van der Waals surface area (Å²) in [5.74, 6) is -3.43. The van der Waals surface area contributed by atoms with E-state index in [1.165, 1.54) is 25.3 Å². The first-order valence-electron chi connectivity index (χ1n) is 15.2. The monoisotopic (exact) mass is 555 g/mol. The number of nitrogens with one attached hydrogen (secondary N) is 2. The molecule has 2 N–H and O–H groups in total. The summed E-state index contributed by atoms with van der Waals surface area (Å²) in [6.07, 6.45) is 11.6. The third kappa shape index (κ3) is 7.09. The highest BCUT2D eigenvalue weighted by Gasteiger charge is 2.32. The summed E-state index contributed by atoms with van der Waals surface area (Å²) < 4.78 is 30.9. The molecule has 1 aliphatic heterocycles. The number of likely N-dealkylation sites (tertiary alicyclic amines) is 1. The molecule has 2 aliphatic carbocycles. The van der Waals surface area contributed by atoms with Crippen molar-refractivity contribution in [3.63, 3.8) is 0 Å². The van der Waals surface area contributed by atoms with Crippen LogP contribution in [0.4, 0.5) is 8.78 Å². The lowest BCUT2D eigenvalue weighted by atomic mass is 9.93. The molecule has 2 aromatic rings. The summed E-state index contributed by atoms with van der Waals surface area (Å²) >= 11 is 0. The van der Waals surface area contributed by atoms with E-state index in [0.29, 0.717) is 17.7 Å². The summed E-state index contributed by atoms with van der Waals surface area (Å²) in [7, 11) is 0. The zero-order valence-corrected chi connectivity index (χ0v) is 23.6. The van der Waals surface area contributed by atoms with Crippen LogP contribution in [0, 0.1) is 0 Å². The molecule has 2 saturated carbocycles. The van der Waals surface area contributed by atoms with Gasteiger partial charge in [-0.3, -0.25) is 14.3 Å². The Labute approximate surface area is 236 Å². The third-order valence-electron chi connectivity index (χ3n) is 8.79. The lowest BCUT2D eigenvalue weighted by molar-refractivity contribution is -0.122. The molecule has 3 fully saturated rings. The van der Waals surface area contributed by atoms with Crippen molar-refractivity contribution in [2.75, 3.05) is 19.6 Å². The van der Waals surface area contributed by atoms with Gasteiger partial charge in [0.15, 0.2) is 5.69 Å². The predicted octanol–water partition coefficient (Wildman–Crippen LogP) is 5.81. The topological polar surface area (TPSA) is 79.3 Å². The fourth-order valence-corrected chi connectivity index (χ4v) is 6.29. The number of halogens is 2. The zero-order valence-electron chi connectivity index (χ0n) is 23.6. The molecule has 5 rings (SSSR count). The second-order valence-electron chi connectivity index (χ2n) is 12.0. The number of alkyl halides is 2. The fourth-order valence-electron chi connectivity index (χ4n) is 6.29. The van der Waals surface area contributed by atoms with E-state index in [9.17, 15) is 18.4 Å². The molecule has 3 aliphatic rings. The molecule has 0 spiro atoms. The molecule has 1 saturated heterocycles. The average molecular weight is 556 g/mol. The maximum Gasteiger partial charge on any atom is 0.272 e. The second kappa shape index (κ2) is 12.8. The quantitative estimate of drug-likeness (QED) is 0.367. The van der Waals surface area contributed by atoms with Gasteiger partial charge in [-0.05, 0) is 70.5 Å². The van der Waals surface area contributed by atoms with Gasteiger partial charge in [0.25, 0.3) is 11.8 Å². The third-order valence-corrected chi connectivity index (χ3v) is 8.79. The zero-order chi connectivity index (χ0) is 28.1. The van der Waals surface area contributed by atoms with Crippen molar-refractivity contribution in [1.29, 1.82) is 0 Å². The Hall–Kier alpha value is -2.81. The van der Waals surface area contributed by atoms with Gasteiger partial charge < -0.3 is 15.5 Å². The van der Waals surface area contributed by atoms with Crippen LogP contribution in [0.1, 0.15) is 106 Å². The highest BCUT2D eigenvalue weighted by Crippen LogP contribution is 2.39. The summed E-state index contributed by atoms with van der Waals surface area (Å²) in [5.41, 5.74) is 1.07. The molecule has 1 aromatic carbocycles. The number of carbonyl (C=O) groups excluding carboxylic acids is 2. The molecule has 2 amide bonds. The first-order valence-corrected chi connectivity index (χ1v) is 15.2. The summed E-state index contributed by atoms with van der Waals surface area (Å²) in [6, 6.07) is 8.11. The number of nitrogens with zero attached hydrogens (tertiary/aromatic N) is 3. The van der Waals surface area contributed by atoms with E-state index in [4.69, 9.17) is 5.10 Å². The number of hydrogen-bond donors (Lipinski definition) is 2. The molecule has 40 heavy (non-hydrogen) atoms. The minimum atomic E-state index is -3.03. The Morgan fingerprint density at radius 1 is 1.02 bits per heavy atom. The van der Waals surface area contributed by atoms with E-state index in [-0.39, 0.29) is 47.6 Å². The number of rotatable bonds is 11. The second-order valence-corrected chi connectivity index (χ2v) is 12.0. The SMILES string of the molecule is CC(F)(F)c1ccccc1-c1cc(C(=O)N[C@@H](CCN2CCCCC2)CC(=O)NC2CCC2)nn1C1CCCC1. The number of aromatic nitrogens is 2. The van der Waals surface area contributed by atoms with Crippen molar-refractivity contribution in [3.05, 3.63) is 41.6 Å². The van der Waals surface area contributed by atoms with Crippen LogP contribution in [-0.4, -0.2) is 58.2 Å². The first-order chi connectivity index (χ1) is 19.3. The van der Waals surface area contributed by atoms with Crippen LogP contribution in [0.3, 0.4) is 0 Å². The molecular formula is C31H43F2N5O2.